The minimum Gasteiger partial charge on any atom is -0.381 e. The van der Waals surface area contributed by atoms with Gasteiger partial charge < -0.3 is 18.9 Å². The summed E-state index contributed by atoms with van der Waals surface area (Å²) < 4.78 is 5.14. The third kappa shape index (κ3) is 2.80. The highest BCUT2D eigenvalue weighted by Crippen LogP contribution is 2.45. The molecule has 0 spiro atoms. The van der Waals surface area contributed by atoms with Gasteiger partial charge in [-0.3, -0.25) is 0 Å². The van der Waals surface area contributed by atoms with Crippen molar-refractivity contribution >= 4 is 25.5 Å². The van der Waals surface area contributed by atoms with Crippen molar-refractivity contribution in [3.63, 3.8) is 0 Å². The standard InChI is InChI=1S/C21H32B2N4/c1-6-7-11-17-25-22(4)26(18-13-9-8-10-14-18)20-21(2,3)24-16-12-15-19(24)27(20)23(25)5/h8-10,12-16,20H,6-7,11,17H2,1-5H3. The summed E-state index contributed by atoms with van der Waals surface area (Å²) in [5.74, 6) is 1.34. The molecule has 1 aromatic carbocycles. The summed E-state index contributed by atoms with van der Waals surface area (Å²) >= 11 is 0. The largest absolute Gasteiger partial charge is 0.381 e. The minimum absolute atomic E-state index is 0.00665. The number of hydrogen-bond donors (Lipinski definition) is 0. The van der Waals surface area contributed by atoms with Gasteiger partial charge in [0.2, 0.25) is 0 Å². The fourth-order valence-corrected chi connectivity index (χ4v) is 5.24. The van der Waals surface area contributed by atoms with Gasteiger partial charge in [0.25, 0.3) is 0 Å². The first-order valence-electron chi connectivity index (χ1n) is 10.5. The second-order valence-corrected chi connectivity index (χ2v) is 8.62. The van der Waals surface area contributed by atoms with E-state index in [-0.39, 0.29) is 5.54 Å². The van der Waals surface area contributed by atoms with Gasteiger partial charge in [0, 0.05) is 11.9 Å². The van der Waals surface area contributed by atoms with Crippen LogP contribution in [0.25, 0.3) is 0 Å². The average Bonchev–Trinajstić information content (AvgIpc) is 3.22. The zero-order valence-corrected chi connectivity index (χ0v) is 17.5. The van der Waals surface area contributed by atoms with Crippen LogP contribution in [-0.4, -0.2) is 36.0 Å². The van der Waals surface area contributed by atoms with E-state index in [0.29, 0.717) is 20.1 Å². The van der Waals surface area contributed by atoms with Crippen LogP contribution in [-0.2, 0) is 5.54 Å². The number of nitrogens with zero attached hydrogens (tertiary/aromatic N) is 4. The van der Waals surface area contributed by atoms with E-state index < -0.39 is 0 Å². The third-order valence-corrected chi connectivity index (χ3v) is 6.61. The SMILES string of the molecule is CCCCCN1B(C)N(c2ccccc2)C2N(B1C)c1cccn1C2(C)C. The number of fused-ring (bicyclic) bond motifs is 3. The van der Waals surface area contributed by atoms with Crippen LogP contribution >= 0.6 is 0 Å². The van der Waals surface area contributed by atoms with Crippen LogP contribution in [0.2, 0.25) is 13.6 Å². The molecule has 3 heterocycles. The lowest BCUT2D eigenvalue weighted by Crippen LogP contribution is -2.76. The lowest BCUT2D eigenvalue weighted by molar-refractivity contribution is 0.326. The van der Waals surface area contributed by atoms with Crippen LogP contribution in [0.4, 0.5) is 11.5 Å². The molecule has 1 aromatic heterocycles. The van der Waals surface area contributed by atoms with E-state index >= 15 is 0 Å². The van der Waals surface area contributed by atoms with Crippen molar-refractivity contribution in [3.8, 4) is 0 Å². The molecule has 1 saturated heterocycles. The summed E-state index contributed by atoms with van der Waals surface area (Å²) in [6.07, 6.45) is 6.38. The number of rotatable bonds is 5. The summed E-state index contributed by atoms with van der Waals surface area (Å²) in [6, 6.07) is 15.4. The van der Waals surface area contributed by atoms with E-state index in [2.05, 4.69) is 102 Å². The van der Waals surface area contributed by atoms with Crippen molar-refractivity contribution < 1.29 is 0 Å². The van der Waals surface area contributed by atoms with Crippen molar-refractivity contribution in [1.82, 2.24) is 9.29 Å². The Hall–Kier alpha value is -1.81. The molecule has 2 aliphatic heterocycles. The van der Waals surface area contributed by atoms with Gasteiger partial charge in [-0.1, -0.05) is 51.6 Å². The van der Waals surface area contributed by atoms with E-state index in [1.807, 2.05) is 0 Å². The van der Waals surface area contributed by atoms with Crippen LogP contribution in [0, 0.1) is 0 Å². The second kappa shape index (κ2) is 6.97. The molecule has 0 radical (unpaired) electrons. The summed E-state index contributed by atoms with van der Waals surface area (Å²) in [6.45, 7) is 13.7. The molecule has 1 atom stereocenters. The smallest absolute Gasteiger partial charge is 0.332 e. The van der Waals surface area contributed by atoms with E-state index in [1.165, 1.54) is 30.8 Å². The summed E-state index contributed by atoms with van der Waals surface area (Å²) in [5.41, 5.74) is 1.32. The third-order valence-electron chi connectivity index (χ3n) is 6.61. The fourth-order valence-electron chi connectivity index (χ4n) is 5.24. The first-order valence-corrected chi connectivity index (χ1v) is 10.5. The van der Waals surface area contributed by atoms with Crippen molar-refractivity contribution in [1.29, 1.82) is 0 Å². The Morgan fingerprint density at radius 2 is 1.63 bits per heavy atom. The Morgan fingerprint density at radius 1 is 0.926 bits per heavy atom. The number of anilines is 2. The van der Waals surface area contributed by atoms with Gasteiger partial charge in [-0.2, -0.15) is 0 Å². The Morgan fingerprint density at radius 3 is 2.33 bits per heavy atom. The molecule has 1 fully saturated rings. The molecule has 0 bridgehead atoms. The van der Waals surface area contributed by atoms with E-state index in [4.69, 9.17) is 0 Å². The van der Waals surface area contributed by atoms with Crippen LogP contribution in [0.1, 0.15) is 40.0 Å². The molecule has 0 aliphatic carbocycles. The van der Waals surface area contributed by atoms with Gasteiger partial charge >= 0.3 is 14.0 Å². The van der Waals surface area contributed by atoms with Gasteiger partial charge in [0.05, 0.1) is 11.4 Å². The fraction of sp³-hybridized carbons (Fsp3) is 0.524. The Kier molecular flexibility index (Phi) is 4.79. The summed E-state index contributed by atoms with van der Waals surface area (Å²) in [4.78, 5) is 5.28. The minimum atomic E-state index is 0.00665. The molecule has 27 heavy (non-hydrogen) atoms. The number of para-hydroxylation sites is 1. The lowest BCUT2D eigenvalue weighted by Gasteiger charge is -2.56. The molecule has 4 nitrogen and oxygen atoms in total. The molecule has 0 amide bonds. The van der Waals surface area contributed by atoms with Gasteiger partial charge in [-0.05, 0) is 51.1 Å². The molecule has 6 heteroatoms. The average molecular weight is 362 g/mol. The maximum Gasteiger partial charge on any atom is 0.332 e. The molecule has 1 unspecified atom stereocenters. The quantitative estimate of drug-likeness (QED) is 0.570. The van der Waals surface area contributed by atoms with Crippen molar-refractivity contribution in [2.75, 3.05) is 16.2 Å². The van der Waals surface area contributed by atoms with Gasteiger partial charge in [-0.15, -0.1) is 0 Å². The predicted molar refractivity (Wildman–Crippen MR) is 118 cm³/mol. The highest BCUT2D eigenvalue weighted by Gasteiger charge is 2.56. The molecule has 142 valence electrons. The van der Waals surface area contributed by atoms with Crippen LogP contribution < -0.4 is 9.62 Å². The molecular formula is C21H32B2N4. The van der Waals surface area contributed by atoms with Gasteiger partial charge in [0.15, 0.2) is 0 Å². The van der Waals surface area contributed by atoms with Crippen molar-refractivity contribution in [2.45, 2.75) is 65.4 Å². The van der Waals surface area contributed by atoms with Crippen LogP contribution in [0.15, 0.2) is 48.7 Å². The Bertz CT molecular complexity index is 775. The monoisotopic (exact) mass is 362 g/mol. The maximum atomic E-state index is 2.68. The normalized spacial score (nSPS) is 21.6. The molecule has 2 aromatic rings. The van der Waals surface area contributed by atoms with Crippen molar-refractivity contribution in [3.05, 3.63) is 48.7 Å². The van der Waals surface area contributed by atoms with E-state index in [1.54, 1.807) is 0 Å². The molecule has 0 saturated carbocycles. The number of unbranched alkanes of at least 4 members (excludes halogenated alkanes) is 2. The highest BCUT2D eigenvalue weighted by molar-refractivity contribution is 6.77. The first-order chi connectivity index (χ1) is 13.0. The zero-order valence-electron chi connectivity index (χ0n) is 17.5. The van der Waals surface area contributed by atoms with E-state index in [0.717, 1.165) is 6.54 Å². The maximum absolute atomic E-state index is 2.68. The van der Waals surface area contributed by atoms with Gasteiger partial charge in [0.1, 0.15) is 6.17 Å². The van der Waals surface area contributed by atoms with Crippen LogP contribution in [0.3, 0.4) is 0 Å². The molecule has 0 N–H and O–H groups in total. The van der Waals surface area contributed by atoms with E-state index in [9.17, 15) is 0 Å². The number of aromatic nitrogens is 1. The Labute approximate surface area is 165 Å². The summed E-state index contributed by atoms with van der Waals surface area (Å²) in [5, 5.41) is 0. The number of benzene rings is 1. The predicted octanol–water partition coefficient (Wildman–Crippen LogP) is 4.62. The summed E-state index contributed by atoms with van der Waals surface area (Å²) in [7, 11) is 0. The first kappa shape index (κ1) is 18.5. The highest BCUT2D eigenvalue weighted by atomic mass is 15.5. The van der Waals surface area contributed by atoms with Gasteiger partial charge in [-0.25, -0.2) is 0 Å². The number of hydrogen-bond acceptors (Lipinski definition) is 3. The zero-order chi connectivity index (χ0) is 19.2. The van der Waals surface area contributed by atoms with Crippen LogP contribution in [0.5, 0.6) is 0 Å². The molecule has 4 rings (SSSR count). The topological polar surface area (TPSA) is 14.7 Å². The molecular weight excluding hydrogens is 330 g/mol. The lowest BCUT2D eigenvalue weighted by atomic mass is 9.55. The second-order valence-electron chi connectivity index (χ2n) is 8.62. The van der Waals surface area contributed by atoms with Crippen molar-refractivity contribution in [2.24, 2.45) is 0 Å². The Balaban J connectivity index is 1.78. The molecule has 2 aliphatic rings.